The number of hydrogen-bond donors (Lipinski definition) is 4. The van der Waals surface area contributed by atoms with Gasteiger partial charge in [0.1, 0.15) is 30.2 Å². The second-order valence-corrected chi connectivity index (χ2v) is 6.52. The van der Waals surface area contributed by atoms with E-state index in [1.54, 1.807) is 0 Å². The zero-order valence-corrected chi connectivity index (χ0v) is 14.4. The van der Waals surface area contributed by atoms with E-state index in [-0.39, 0.29) is 5.82 Å². The summed E-state index contributed by atoms with van der Waals surface area (Å²) in [6.07, 6.45) is 0.538. The summed E-state index contributed by atoms with van der Waals surface area (Å²) in [5, 5.41) is 9.53. The van der Waals surface area contributed by atoms with Crippen LogP contribution in [0, 0.1) is 12.0 Å². The highest BCUT2D eigenvalue weighted by atomic mass is 31.2. The third-order valence-corrected chi connectivity index (χ3v) is 4.20. The molecule has 0 bridgehead atoms. The smallest absolute Gasteiger partial charge is 0.436 e. The van der Waals surface area contributed by atoms with Crippen LogP contribution in [-0.2, 0) is 18.6 Å². The number of anilines is 1. The Hall–Kier alpha value is -2.26. The van der Waals surface area contributed by atoms with Crippen LogP contribution < -0.4 is 5.73 Å². The Morgan fingerprint density at radius 1 is 1.38 bits per heavy atom. The molecule has 1 aliphatic rings. The number of aromatic nitrogens is 4. The molecule has 0 unspecified atom stereocenters. The molecule has 140 valence electrons. The van der Waals surface area contributed by atoms with Gasteiger partial charge in [-0.2, -0.15) is 0 Å². The fraction of sp³-hybridized carbons (Fsp3) is 0.462. The molecule has 0 aromatic carbocycles. The van der Waals surface area contributed by atoms with Crippen molar-refractivity contribution in [2.75, 3.05) is 12.3 Å². The van der Waals surface area contributed by atoms with Crippen molar-refractivity contribution < 1.29 is 33.5 Å². The quantitative estimate of drug-likeness (QED) is 0.372. The van der Waals surface area contributed by atoms with Crippen LogP contribution in [0.1, 0.15) is 13.2 Å². The van der Waals surface area contributed by atoms with E-state index in [4.69, 9.17) is 29.5 Å². The zero-order valence-electron chi connectivity index (χ0n) is 13.5. The Morgan fingerprint density at radius 3 is 2.81 bits per heavy atom. The van der Waals surface area contributed by atoms with Crippen molar-refractivity contribution in [3.05, 3.63) is 12.7 Å². The number of rotatable bonds is 5. The maximum Gasteiger partial charge on any atom is 0.470 e. The molecule has 3 rings (SSSR count). The van der Waals surface area contributed by atoms with Crippen molar-refractivity contribution >= 4 is 24.8 Å². The molecular formula is C13H16N5O7P. The van der Waals surface area contributed by atoms with Crippen molar-refractivity contribution in [3.63, 3.8) is 0 Å². The van der Waals surface area contributed by atoms with E-state index in [1.807, 2.05) is 0 Å². The number of imidazole rings is 1. The van der Waals surface area contributed by atoms with Gasteiger partial charge in [-0.3, -0.25) is 9.09 Å². The fourth-order valence-corrected chi connectivity index (χ4v) is 3.25. The Kier molecular flexibility index (Phi) is 5.10. The molecule has 0 amide bonds. The Morgan fingerprint density at radius 2 is 2.15 bits per heavy atom. The average molecular weight is 385 g/mol. The first-order chi connectivity index (χ1) is 12.4. The van der Waals surface area contributed by atoms with Crippen LogP contribution in [0.4, 0.5) is 5.82 Å². The Balaban J connectivity index is 2.04. The van der Waals surface area contributed by atoms with Crippen LogP contribution in [0.15, 0.2) is 12.7 Å². The molecule has 3 heterocycles. The molecule has 0 saturated carbocycles. The predicted molar refractivity (Wildman–Crippen MR) is 86.0 cm³/mol. The van der Waals surface area contributed by atoms with Gasteiger partial charge in [0, 0.05) is 6.92 Å². The van der Waals surface area contributed by atoms with Gasteiger partial charge >= 0.3 is 7.82 Å². The summed E-state index contributed by atoms with van der Waals surface area (Å²) in [5.74, 6) is 2.66. The number of fused-ring (bicyclic) bond motifs is 1. The summed E-state index contributed by atoms with van der Waals surface area (Å²) >= 11 is 0. The van der Waals surface area contributed by atoms with Gasteiger partial charge in [-0.1, -0.05) is 5.92 Å². The van der Waals surface area contributed by atoms with E-state index >= 15 is 0 Å². The second kappa shape index (κ2) is 7.16. The van der Waals surface area contributed by atoms with E-state index in [2.05, 4.69) is 27.0 Å². The van der Waals surface area contributed by atoms with Crippen LogP contribution in [0.5, 0.6) is 0 Å². The van der Waals surface area contributed by atoms with E-state index in [0.717, 1.165) is 0 Å². The molecule has 1 aliphatic heterocycles. The third-order valence-electron chi connectivity index (χ3n) is 3.68. The molecular weight excluding hydrogens is 369 g/mol. The maximum atomic E-state index is 11.3. The molecule has 1 fully saturated rings. The van der Waals surface area contributed by atoms with Crippen LogP contribution in [-0.4, -0.2) is 59.3 Å². The summed E-state index contributed by atoms with van der Waals surface area (Å²) in [6.45, 7) is 0.956. The van der Waals surface area contributed by atoms with Crippen LogP contribution in [0.2, 0.25) is 0 Å². The molecule has 2 aromatic heterocycles. The first-order valence-corrected chi connectivity index (χ1v) is 8.89. The summed E-state index contributed by atoms with van der Waals surface area (Å²) < 4.78 is 28.6. The summed E-state index contributed by atoms with van der Waals surface area (Å²) in [4.78, 5) is 30.4. The Bertz CT molecular complexity index is 903. The number of nitrogen functional groups attached to an aromatic ring is 1. The van der Waals surface area contributed by atoms with E-state index in [1.165, 1.54) is 24.1 Å². The average Bonchev–Trinajstić information content (AvgIpc) is 3.14. The number of hydrogen-bond acceptors (Lipinski definition) is 9. The minimum absolute atomic E-state index is 0.152. The van der Waals surface area contributed by atoms with Crippen molar-refractivity contribution in [2.24, 2.45) is 0 Å². The SMILES string of the molecule is CC#CO[C@@H]1[C@H](OP(=O)(O)O)[C@@H](CO)O[C@H]1n1cnc2c(N)ncnc21. The number of phosphoric acid groups is 1. The van der Waals surface area contributed by atoms with Crippen LogP contribution in [0.25, 0.3) is 11.2 Å². The number of nitrogens with two attached hydrogens (primary N) is 1. The van der Waals surface area contributed by atoms with Crippen molar-refractivity contribution in [1.82, 2.24) is 19.5 Å². The number of nitrogens with zero attached hydrogens (tertiary/aromatic N) is 4. The normalized spacial score (nSPS) is 25.8. The van der Waals surface area contributed by atoms with Crippen LogP contribution in [0.3, 0.4) is 0 Å². The molecule has 4 atom stereocenters. The number of phosphoric ester groups is 1. The summed E-state index contributed by atoms with van der Waals surface area (Å²) in [7, 11) is -4.88. The van der Waals surface area contributed by atoms with Gasteiger partial charge in [-0.25, -0.2) is 19.5 Å². The number of aliphatic hydroxyl groups is 1. The third kappa shape index (κ3) is 3.49. The highest BCUT2D eigenvalue weighted by molar-refractivity contribution is 7.46. The highest BCUT2D eigenvalue weighted by Crippen LogP contribution is 2.45. The van der Waals surface area contributed by atoms with Gasteiger partial charge in [0.15, 0.2) is 23.8 Å². The molecule has 1 saturated heterocycles. The van der Waals surface area contributed by atoms with Gasteiger partial charge in [0.05, 0.1) is 12.9 Å². The minimum atomic E-state index is -4.88. The maximum absolute atomic E-state index is 11.3. The van der Waals surface area contributed by atoms with Crippen molar-refractivity contribution in [3.8, 4) is 12.0 Å². The van der Waals surface area contributed by atoms with Gasteiger partial charge in [-0.05, 0) is 0 Å². The molecule has 2 aromatic rings. The van der Waals surface area contributed by atoms with E-state index < -0.39 is 39.0 Å². The zero-order chi connectivity index (χ0) is 18.9. The minimum Gasteiger partial charge on any atom is -0.436 e. The van der Waals surface area contributed by atoms with Gasteiger partial charge in [0.25, 0.3) is 0 Å². The molecule has 12 nitrogen and oxygen atoms in total. The lowest BCUT2D eigenvalue weighted by Crippen LogP contribution is -2.36. The monoisotopic (exact) mass is 385 g/mol. The molecule has 0 radical (unpaired) electrons. The standard InChI is InChI=1S/C13H16N5O7P/c1-2-3-23-10-9(25-26(20,21)22)7(4-19)24-13(10)18-6-17-8-11(14)15-5-16-12(8)18/h5-7,9-10,13,19H,4H2,1H3,(H2,14,15,16)(H2,20,21,22)/t7-,9-,10-,13-/m1/s1. The topological polar surface area (TPSA) is 175 Å². The first kappa shape index (κ1) is 18.5. The Labute approximate surface area is 147 Å². The highest BCUT2D eigenvalue weighted by Gasteiger charge is 2.51. The van der Waals surface area contributed by atoms with Crippen molar-refractivity contribution in [2.45, 2.75) is 31.5 Å². The lowest BCUT2D eigenvalue weighted by Gasteiger charge is -2.22. The lowest BCUT2D eigenvalue weighted by molar-refractivity contribution is -0.0508. The molecule has 5 N–H and O–H groups in total. The van der Waals surface area contributed by atoms with E-state index in [0.29, 0.717) is 11.2 Å². The van der Waals surface area contributed by atoms with Crippen molar-refractivity contribution in [1.29, 1.82) is 0 Å². The number of aliphatic hydroxyl groups excluding tert-OH is 1. The first-order valence-electron chi connectivity index (χ1n) is 7.36. The van der Waals surface area contributed by atoms with Gasteiger partial charge in [0.2, 0.25) is 0 Å². The van der Waals surface area contributed by atoms with Crippen LogP contribution >= 0.6 is 7.82 Å². The number of ether oxygens (including phenoxy) is 2. The predicted octanol–water partition coefficient (Wildman–Crippen LogP) is -0.858. The van der Waals surface area contributed by atoms with Gasteiger partial charge < -0.3 is 30.1 Å². The van der Waals surface area contributed by atoms with Gasteiger partial charge in [-0.15, -0.1) is 0 Å². The fourth-order valence-electron chi connectivity index (χ4n) is 2.67. The van der Waals surface area contributed by atoms with E-state index in [9.17, 15) is 9.67 Å². The summed E-state index contributed by atoms with van der Waals surface area (Å²) in [5.41, 5.74) is 6.39. The molecule has 13 heteroatoms. The molecule has 0 spiro atoms. The molecule has 0 aliphatic carbocycles. The summed E-state index contributed by atoms with van der Waals surface area (Å²) in [6, 6.07) is 0. The molecule has 26 heavy (non-hydrogen) atoms. The lowest BCUT2D eigenvalue weighted by atomic mass is 10.1. The largest absolute Gasteiger partial charge is 0.470 e. The second-order valence-electron chi connectivity index (χ2n) is 5.33.